The summed E-state index contributed by atoms with van der Waals surface area (Å²) in [5.41, 5.74) is -3.43. The third-order valence-corrected chi connectivity index (χ3v) is 6.64. The number of unbranched alkanes of at least 4 members (excludes halogenated alkanes) is 18. The van der Waals surface area contributed by atoms with Gasteiger partial charge in [0.15, 0.2) is 0 Å². The molecule has 35 heavy (non-hydrogen) atoms. The first-order valence-electron chi connectivity index (χ1n) is 13.3. The highest BCUT2D eigenvalue weighted by atomic mass is 16.7. The van der Waals surface area contributed by atoms with Gasteiger partial charge in [0.2, 0.25) is 0 Å². The predicted octanol–water partition coefficient (Wildman–Crippen LogP) is 5.87. The molecule has 0 aliphatic carbocycles. The Balaban J connectivity index is 3.68. The Morgan fingerprint density at radius 2 is 0.857 bits per heavy atom. The van der Waals surface area contributed by atoms with E-state index >= 15 is 0 Å². The van der Waals surface area contributed by atoms with E-state index in [0.29, 0.717) is 13.0 Å². The molecule has 0 saturated heterocycles. The predicted molar refractivity (Wildman–Crippen MR) is 133 cm³/mol. The van der Waals surface area contributed by atoms with Crippen LogP contribution in [0.4, 0.5) is 0 Å². The molecular formula is C24H45N3O8. The van der Waals surface area contributed by atoms with E-state index in [9.17, 15) is 35.1 Å². The van der Waals surface area contributed by atoms with Crippen LogP contribution >= 0.6 is 0 Å². The van der Waals surface area contributed by atoms with Gasteiger partial charge in [0, 0.05) is 18.0 Å². The molecule has 1 N–H and O–H groups in total. The van der Waals surface area contributed by atoms with Crippen molar-refractivity contribution in [1.29, 1.82) is 0 Å². The average molecular weight is 504 g/mol. The van der Waals surface area contributed by atoms with Gasteiger partial charge in [0.1, 0.15) is 9.85 Å². The highest BCUT2D eigenvalue weighted by Crippen LogP contribution is 2.23. The molecule has 11 nitrogen and oxygen atoms in total. The van der Waals surface area contributed by atoms with E-state index in [1.165, 1.54) is 70.6 Å². The number of aliphatic hydroxyl groups is 1. The van der Waals surface area contributed by atoms with Crippen molar-refractivity contribution in [2.24, 2.45) is 0 Å². The largest absolute Gasteiger partial charge is 0.577 e. The number of hydrogen-bond donors (Lipinski definition) is 1. The van der Waals surface area contributed by atoms with Crippen LogP contribution in [0.5, 0.6) is 0 Å². The van der Waals surface area contributed by atoms with Gasteiger partial charge in [-0.25, -0.2) is 0 Å². The molecule has 1 atom stereocenters. The molecule has 0 aliphatic rings. The molecule has 204 valence electrons. The SMILES string of the molecule is O=CC(C(CCCCCCCCCCCCCCCCCCCCCO)[N+](=O)[O-])([N+](=O)[O-])[N+](=O)[O-]. The molecule has 0 bridgehead atoms. The smallest absolute Gasteiger partial charge is 0.396 e. The third-order valence-electron chi connectivity index (χ3n) is 6.64. The van der Waals surface area contributed by atoms with E-state index < -0.39 is 32.8 Å². The van der Waals surface area contributed by atoms with Crippen molar-refractivity contribution in [3.63, 3.8) is 0 Å². The Morgan fingerprint density at radius 1 is 0.571 bits per heavy atom. The summed E-state index contributed by atoms with van der Waals surface area (Å²) in [4.78, 5) is 40.4. The van der Waals surface area contributed by atoms with E-state index in [0.717, 1.165) is 38.5 Å². The fourth-order valence-corrected chi connectivity index (χ4v) is 4.40. The maximum Gasteiger partial charge on any atom is 0.577 e. The van der Waals surface area contributed by atoms with Crippen molar-refractivity contribution >= 4 is 6.29 Å². The lowest BCUT2D eigenvalue weighted by Gasteiger charge is -2.15. The molecule has 11 heteroatoms. The second-order valence-electron chi connectivity index (χ2n) is 9.45. The van der Waals surface area contributed by atoms with E-state index in [1.807, 2.05) is 0 Å². The quantitative estimate of drug-likeness (QED) is 0.0502. The molecule has 0 aromatic carbocycles. The van der Waals surface area contributed by atoms with Gasteiger partial charge in [-0.15, -0.1) is 0 Å². The molecule has 0 aliphatic heterocycles. The molecule has 0 spiro atoms. The topological polar surface area (TPSA) is 167 Å². The Kier molecular flexibility index (Phi) is 19.8. The minimum atomic E-state index is -3.43. The van der Waals surface area contributed by atoms with E-state index in [4.69, 9.17) is 5.11 Å². The summed E-state index contributed by atoms with van der Waals surface area (Å²) in [7, 11) is 0. The van der Waals surface area contributed by atoms with Crippen molar-refractivity contribution in [2.75, 3.05) is 6.61 Å². The second-order valence-corrected chi connectivity index (χ2v) is 9.45. The van der Waals surface area contributed by atoms with Crippen LogP contribution in [0.25, 0.3) is 0 Å². The van der Waals surface area contributed by atoms with Gasteiger partial charge in [-0.1, -0.05) is 109 Å². The number of aliphatic hydroxyl groups excluding tert-OH is 1. The number of carbonyl (C=O) groups excluding carboxylic acids is 1. The van der Waals surface area contributed by atoms with Gasteiger partial charge in [0.25, 0.3) is 6.29 Å². The van der Waals surface area contributed by atoms with Gasteiger partial charge in [-0.2, -0.15) is 0 Å². The summed E-state index contributed by atoms with van der Waals surface area (Å²) >= 11 is 0. The molecule has 0 amide bonds. The van der Waals surface area contributed by atoms with Crippen LogP contribution in [0, 0.1) is 30.3 Å². The van der Waals surface area contributed by atoms with Crippen LogP contribution in [0.3, 0.4) is 0 Å². The lowest BCUT2D eigenvalue weighted by atomic mass is 9.96. The first-order valence-corrected chi connectivity index (χ1v) is 13.3. The minimum absolute atomic E-state index is 0.229. The number of carbonyl (C=O) groups is 1. The molecule has 0 rings (SSSR count). The van der Waals surface area contributed by atoms with Crippen molar-refractivity contribution in [1.82, 2.24) is 0 Å². The van der Waals surface area contributed by atoms with Gasteiger partial charge in [0.05, 0.1) is 0 Å². The fraction of sp³-hybridized carbons (Fsp3) is 0.958. The number of rotatable bonds is 26. The zero-order chi connectivity index (χ0) is 26.4. The average Bonchev–Trinajstić information content (AvgIpc) is 2.81. The van der Waals surface area contributed by atoms with Gasteiger partial charge in [-0.3, -0.25) is 35.1 Å². The molecule has 0 heterocycles. The Hall–Kier alpha value is -2.17. The Morgan fingerprint density at radius 3 is 1.09 bits per heavy atom. The van der Waals surface area contributed by atoms with Gasteiger partial charge >= 0.3 is 11.7 Å². The van der Waals surface area contributed by atoms with Crippen molar-refractivity contribution in [2.45, 2.75) is 140 Å². The van der Waals surface area contributed by atoms with Crippen LogP contribution in [-0.4, -0.2) is 44.5 Å². The summed E-state index contributed by atoms with van der Waals surface area (Å²) in [5.74, 6) is 0. The van der Waals surface area contributed by atoms with Crippen LogP contribution < -0.4 is 0 Å². The van der Waals surface area contributed by atoms with Crippen LogP contribution in [0.2, 0.25) is 0 Å². The summed E-state index contributed by atoms with van der Waals surface area (Å²) in [6.45, 7) is 0.309. The Labute approximate surface area is 208 Å². The van der Waals surface area contributed by atoms with Gasteiger partial charge in [-0.05, 0) is 12.8 Å². The number of nitrogens with zero attached hydrogens (tertiary/aromatic N) is 3. The number of hydrogen-bond acceptors (Lipinski definition) is 8. The lowest BCUT2D eigenvalue weighted by Crippen LogP contribution is -2.60. The van der Waals surface area contributed by atoms with Crippen molar-refractivity contribution in [3.8, 4) is 0 Å². The van der Waals surface area contributed by atoms with Gasteiger partial charge < -0.3 is 5.11 Å². The van der Waals surface area contributed by atoms with E-state index in [2.05, 4.69) is 0 Å². The zero-order valence-corrected chi connectivity index (χ0v) is 21.2. The van der Waals surface area contributed by atoms with Crippen LogP contribution in [-0.2, 0) is 4.79 Å². The standard InChI is InChI=1S/C24H45N3O8/c28-21-19-17-15-13-11-9-7-5-3-1-2-4-6-8-10-12-14-16-18-20-23(25(30)31)24(22-29,26(32)33)27(34)35/h22-23,28H,1-21H2. The molecule has 0 aromatic rings. The molecule has 0 fully saturated rings. The summed E-state index contributed by atoms with van der Waals surface area (Å²) in [6.07, 6.45) is 19.9. The Bertz CT molecular complexity index is 589. The van der Waals surface area contributed by atoms with Crippen LogP contribution in [0.15, 0.2) is 0 Å². The highest BCUT2D eigenvalue weighted by molar-refractivity contribution is 5.60. The monoisotopic (exact) mass is 503 g/mol. The highest BCUT2D eigenvalue weighted by Gasteiger charge is 2.70. The zero-order valence-electron chi connectivity index (χ0n) is 21.2. The van der Waals surface area contributed by atoms with E-state index in [1.54, 1.807) is 0 Å². The first-order chi connectivity index (χ1) is 16.8. The molecule has 0 aromatic heterocycles. The second kappa shape index (κ2) is 21.1. The van der Waals surface area contributed by atoms with Crippen molar-refractivity contribution in [3.05, 3.63) is 30.3 Å². The maximum atomic E-state index is 11.2. The first kappa shape index (κ1) is 32.8. The van der Waals surface area contributed by atoms with Crippen LogP contribution in [0.1, 0.15) is 128 Å². The minimum Gasteiger partial charge on any atom is -0.396 e. The number of nitro groups is 3. The van der Waals surface area contributed by atoms with Crippen molar-refractivity contribution < 1.29 is 24.7 Å². The number of aldehydes is 1. The fourth-order valence-electron chi connectivity index (χ4n) is 4.40. The normalized spacial score (nSPS) is 12.4. The third kappa shape index (κ3) is 14.1. The molecular weight excluding hydrogens is 458 g/mol. The maximum absolute atomic E-state index is 11.2. The molecule has 0 radical (unpaired) electrons. The molecule has 1 unspecified atom stereocenters. The summed E-state index contributed by atoms with van der Waals surface area (Å²) < 4.78 is 0. The summed E-state index contributed by atoms with van der Waals surface area (Å²) in [6, 6.07) is -2.17. The van der Waals surface area contributed by atoms with E-state index in [-0.39, 0.29) is 12.8 Å². The molecule has 0 saturated carbocycles. The lowest BCUT2D eigenvalue weighted by molar-refractivity contribution is -0.812. The summed E-state index contributed by atoms with van der Waals surface area (Å²) in [5, 5.41) is 42.1.